The normalized spacial score (nSPS) is 15.9. The highest BCUT2D eigenvalue weighted by Crippen LogP contribution is 2.43. The van der Waals surface area contributed by atoms with Gasteiger partial charge >= 0.3 is 11.9 Å². The first-order chi connectivity index (χ1) is 17.0. The van der Waals surface area contributed by atoms with Gasteiger partial charge in [-0.25, -0.2) is 14.0 Å². The summed E-state index contributed by atoms with van der Waals surface area (Å²) in [6.07, 6.45) is 0. The summed E-state index contributed by atoms with van der Waals surface area (Å²) in [5.41, 5.74) is 6.40. The van der Waals surface area contributed by atoms with Crippen molar-refractivity contribution in [2.45, 2.75) is 26.7 Å². The van der Waals surface area contributed by atoms with Crippen LogP contribution in [-0.4, -0.2) is 32.8 Å². The van der Waals surface area contributed by atoms with Gasteiger partial charge in [0.15, 0.2) is 11.6 Å². The average Bonchev–Trinajstić information content (AvgIpc) is 2.86. The van der Waals surface area contributed by atoms with E-state index in [1.165, 1.54) is 12.1 Å². The number of rotatable bonds is 6. The molecule has 0 saturated heterocycles. The molecule has 1 atom stereocenters. The minimum atomic E-state index is -1.01. The number of nitrogens with two attached hydrogens (primary N) is 1. The zero-order chi connectivity index (χ0) is 26.6. The van der Waals surface area contributed by atoms with Gasteiger partial charge in [-0.3, -0.25) is 4.90 Å². The Morgan fingerprint density at radius 1 is 1.08 bits per heavy atom. The Kier molecular flexibility index (Phi) is 7.68. The highest BCUT2D eigenvalue weighted by molar-refractivity contribution is 6.06. The Hall–Kier alpha value is -4.32. The zero-order valence-electron chi connectivity index (χ0n) is 20.8. The molecule has 1 unspecified atom stereocenters. The molecule has 3 rings (SSSR count). The molecule has 0 saturated carbocycles. The molecule has 2 N–H and O–H groups in total. The fourth-order valence-electron chi connectivity index (χ4n) is 3.82. The van der Waals surface area contributed by atoms with Crippen LogP contribution in [0.15, 0.2) is 71.2 Å². The van der Waals surface area contributed by atoms with Crippen LogP contribution in [0.3, 0.4) is 0 Å². The smallest absolute Gasteiger partial charge is 0.355 e. The molecule has 0 amide bonds. The van der Waals surface area contributed by atoms with Gasteiger partial charge < -0.3 is 19.9 Å². The molecule has 1 heterocycles. The first-order valence-corrected chi connectivity index (χ1v) is 11.1. The van der Waals surface area contributed by atoms with Crippen molar-refractivity contribution in [3.05, 3.63) is 82.6 Å². The Morgan fingerprint density at radius 3 is 2.25 bits per heavy atom. The molecule has 0 aliphatic carbocycles. The molecule has 2 aromatic carbocycles. The van der Waals surface area contributed by atoms with E-state index in [9.17, 15) is 14.9 Å². The Labute approximate surface area is 209 Å². The van der Waals surface area contributed by atoms with Crippen LogP contribution < -0.4 is 15.4 Å². The van der Waals surface area contributed by atoms with Crippen molar-refractivity contribution in [3.63, 3.8) is 0 Å². The maximum Gasteiger partial charge on any atom is 0.355 e. The standard InChI is InChI=1S/C27H28FN3O5/c1-27(2,3)15-36-20-12-11-17(13-19(20)28)31-23(26(33)35-5)22(25(32)34-4)21(18(14-29)24(31)30)16-9-7-6-8-10-16/h6-13,21H,15,30H2,1-5H3. The van der Waals surface area contributed by atoms with E-state index in [0.717, 1.165) is 25.2 Å². The summed E-state index contributed by atoms with van der Waals surface area (Å²) in [5.74, 6) is -3.63. The van der Waals surface area contributed by atoms with E-state index in [-0.39, 0.29) is 46.1 Å². The number of benzene rings is 2. The number of ether oxygens (including phenoxy) is 3. The van der Waals surface area contributed by atoms with Crippen LogP contribution in [-0.2, 0) is 19.1 Å². The number of methoxy groups -OCH3 is 2. The van der Waals surface area contributed by atoms with Crippen molar-refractivity contribution >= 4 is 17.6 Å². The number of allylic oxidation sites excluding steroid dienone is 1. The van der Waals surface area contributed by atoms with Gasteiger partial charge in [-0.1, -0.05) is 51.1 Å². The van der Waals surface area contributed by atoms with Crippen molar-refractivity contribution in [1.29, 1.82) is 5.26 Å². The summed E-state index contributed by atoms with van der Waals surface area (Å²) in [4.78, 5) is 27.2. The molecular weight excluding hydrogens is 465 g/mol. The summed E-state index contributed by atoms with van der Waals surface area (Å²) in [6.45, 7) is 6.12. The number of esters is 2. The van der Waals surface area contributed by atoms with Crippen LogP contribution in [0.1, 0.15) is 32.3 Å². The lowest BCUT2D eigenvalue weighted by Crippen LogP contribution is -2.40. The van der Waals surface area contributed by atoms with Gasteiger partial charge in [-0.15, -0.1) is 0 Å². The van der Waals surface area contributed by atoms with Crippen LogP contribution in [0.2, 0.25) is 0 Å². The van der Waals surface area contributed by atoms with E-state index in [0.29, 0.717) is 5.56 Å². The van der Waals surface area contributed by atoms with Crippen molar-refractivity contribution in [1.82, 2.24) is 0 Å². The summed E-state index contributed by atoms with van der Waals surface area (Å²) < 4.78 is 30.6. The van der Waals surface area contributed by atoms with Crippen molar-refractivity contribution in [2.24, 2.45) is 11.1 Å². The number of hydrogen-bond donors (Lipinski definition) is 1. The molecule has 0 aromatic heterocycles. The molecule has 2 aromatic rings. The topological polar surface area (TPSA) is 115 Å². The molecule has 8 nitrogen and oxygen atoms in total. The van der Waals surface area contributed by atoms with Crippen molar-refractivity contribution < 1.29 is 28.2 Å². The van der Waals surface area contributed by atoms with Gasteiger partial charge in [-0.2, -0.15) is 5.26 Å². The van der Waals surface area contributed by atoms with Gasteiger partial charge in [0.2, 0.25) is 0 Å². The molecule has 0 bridgehead atoms. The molecule has 188 valence electrons. The van der Waals surface area contributed by atoms with Crippen LogP contribution >= 0.6 is 0 Å². The Bertz CT molecular complexity index is 1270. The number of halogens is 1. The predicted molar refractivity (Wildman–Crippen MR) is 131 cm³/mol. The molecule has 0 fully saturated rings. The number of hydrogen-bond acceptors (Lipinski definition) is 8. The Balaban J connectivity index is 2.26. The van der Waals surface area contributed by atoms with E-state index in [4.69, 9.17) is 19.9 Å². The number of nitriles is 1. The van der Waals surface area contributed by atoms with Gasteiger partial charge in [0.25, 0.3) is 0 Å². The second kappa shape index (κ2) is 10.5. The lowest BCUT2D eigenvalue weighted by atomic mass is 9.81. The second-order valence-electron chi connectivity index (χ2n) is 9.30. The maximum absolute atomic E-state index is 15.1. The number of carbonyl (C=O) groups is 2. The quantitative estimate of drug-likeness (QED) is 0.597. The minimum absolute atomic E-state index is 0.00712. The molecule has 0 radical (unpaired) electrons. The molecular formula is C27H28FN3O5. The van der Waals surface area contributed by atoms with Gasteiger partial charge in [-0.05, 0) is 23.1 Å². The third-order valence-electron chi connectivity index (χ3n) is 5.44. The Morgan fingerprint density at radius 2 is 1.72 bits per heavy atom. The third kappa shape index (κ3) is 5.18. The first-order valence-electron chi connectivity index (χ1n) is 11.1. The fraction of sp³-hybridized carbons (Fsp3) is 0.296. The number of carbonyl (C=O) groups excluding carboxylic acids is 2. The molecule has 1 aliphatic rings. The fourth-order valence-corrected chi connectivity index (χ4v) is 3.82. The van der Waals surface area contributed by atoms with Gasteiger partial charge in [0, 0.05) is 6.07 Å². The van der Waals surface area contributed by atoms with Crippen LogP contribution in [0.5, 0.6) is 5.75 Å². The highest BCUT2D eigenvalue weighted by atomic mass is 19.1. The lowest BCUT2D eigenvalue weighted by Gasteiger charge is -2.36. The van der Waals surface area contributed by atoms with E-state index in [1.807, 2.05) is 20.8 Å². The van der Waals surface area contributed by atoms with Gasteiger partial charge in [0.05, 0.1) is 49.6 Å². The molecule has 36 heavy (non-hydrogen) atoms. The average molecular weight is 494 g/mol. The number of anilines is 1. The van der Waals surface area contributed by atoms with E-state index >= 15 is 4.39 Å². The van der Waals surface area contributed by atoms with Crippen molar-refractivity contribution in [3.8, 4) is 11.8 Å². The second-order valence-corrected chi connectivity index (χ2v) is 9.30. The SMILES string of the molecule is COC(=O)C1=C(C(=O)OC)N(c2ccc(OCC(C)(C)C)c(F)c2)C(N)=C(C#N)C1c1ccccc1. The summed E-state index contributed by atoms with van der Waals surface area (Å²) in [6, 6.07) is 14.7. The maximum atomic E-state index is 15.1. The first kappa shape index (κ1) is 26.3. The third-order valence-corrected chi connectivity index (χ3v) is 5.44. The van der Waals surface area contributed by atoms with E-state index in [2.05, 4.69) is 6.07 Å². The van der Waals surface area contributed by atoms with E-state index < -0.39 is 23.7 Å². The predicted octanol–water partition coefficient (Wildman–Crippen LogP) is 4.15. The number of nitrogens with zero attached hydrogens (tertiary/aromatic N) is 2. The van der Waals surface area contributed by atoms with E-state index in [1.54, 1.807) is 30.3 Å². The molecule has 1 aliphatic heterocycles. The zero-order valence-corrected chi connectivity index (χ0v) is 20.8. The van der Waals surface area contributed by atoms with Crippen molar-refractivity contribution in [2.75, 3.05) is 25.7 Å². The highest BCUT2D eigenvalue weighted by Gasteiger charge is 2.43. The van der Waals surface area contributed by atoms with Crippen LogP contribution in [0.4, 0.5) is 10.1 Å². The van der Waals surface area contributed by atoms with Gasteiger partial charge in [0.1, 0.15) is 11.5 Å². The molecule has 9 heteroatoms. The largest absolute Gasteiger partial charge is 0.490 e. The summed E-state index contributed by atoms with van der Waals surface area (Å²) >= 11 is 0. The minimum Gasteiger partial charge on any atom is -0.490 e. The summed E-state index contributed by atoms with van der Waals surface area (Å²) in [7, 11) is 2.30. The molecule has 0 spiro atoms. The lowest BCUT2D eigenvalue weighted by molar-refractivity contribution is -0.139. The monoisotopic (exact) mass is 493 g/mol. The van der Waals surface area contributed by atoms with Crippen LogP contribution in [0.25, 0.3) is 0 Å². The summed E-state index contributed by atoms with van der Waals surface area (Å²) in [5, 5.41) is 10.1. The van der Waals surface area contributed by atoms with Crippen LogP contribution in [0, 0.1) is 22.6 Å².